The molecule has 0 spiro atoms. The quantitative estimate of drug-likeness (QED) is 0.488. The topological polar surface area (TPSA) is 34.6 Å². The zero-order chi connectivity index (χ0) is 19.9. The standard InChI is InChI=1S/C22H29ClN2O2S/c1-16(2)14-25(22-17(3)12-19(23)13-24-22)28-21-6-4-20(5-7-21)27-15-18-8-10-26-11-9-18/h4-7,12-13,16,18H,8-11,14-15H2,1-3H3. The summed E-state index contributed by atoms with van der Waals surface area (Å²) in [7, 11) is 0. The van der Waals surface area contributed by atoms with Gasteiger partial charge in [-0.3, -0.25) is 4.31 Å². The van der Waals surface area contributed by atoms with Gasteiger partial charge in [-0.1, -0.05) is 25.4 Å². The van der Waals surface area contributed by atoms with Gasteiger partial charge < -0.3 is 9.47 Å². The number of nitrogens with zero attached hydrogens (tertiary/aromatic N) is 2. The Morgan fingerprint density at radius 1 is 1.25 bits per heavy atom. The molecular weight excluding hydrogens is 392 g/mol. The maximum Gasteiger partial charge on any atom is 0.141 e. The van der Waals surface area contributed by atoms with Crippen LogP contribution in [-0.4, -0.2) is 31.3 Å². The monoisotopic (exact) mass is 420 g/mol. The Bertz CT molecular complexity index is 749. The molecule has 2 heterocycles. The molecule has 0 bridgehead atoms. The molecule has 6 heteroatoms. The van der Waals surface area contributed by atoms with Gasteiger partial charge in [0.1, 0.15) is 11.6 Å². The molecule has 28 heavy (non-hydrogen) atoms. The van der Waals surface area contributed by atoms with E-state index in [4.69, 9.17) is 21.1 Å². The molecule has 0 amide bonds. The number of ether oxygens (including phenoxy) is 2. The molecule has 1 fully saturated rings. The Labute approximate surface area is 177 Å². The summed E-state index contributed by atoms with van der Waals surface area (Å²) in [6, 6.07) is 10.3. The number of anilines is 1. The highest BCUT2D eigenvalue weighted by Crippen LogP contribution is 2.32. The van der Waals surface area contributed by atoms with Gasteiger partial charge in [0.05, 0.1) is 11.6 Å². The first-order chi connectivity index (χ1) is 13.5. The van der Waals surface area contributed by atoms with Gasteiger partial charge in [-0.15, -0.1) is 0 Å². The van der Waals surface area contributed by atoms with Crippen LogP contribution in [0.5, 0.6) is 5.75 Å². The fraction of sp³-hybridized carbons (Fsp3) is 0.500. The van der Waals surface area contributed by atoms with Crippen molar-refractivity contribution in [2.75, 3.05) is 30.7 Å². The summed E-state index contributed by atoms with van der Waals surface area (Å²) < 4.78 is 13.6. The average Bonchev–Trinajstić information content (AvgIpc) is 2.67. The van der Waals surface area contributed by atoms with Crippen LogP contribution in [0, 0.1) is 18.8 Å². The van der Waals surface area contributed by atoms with E-state index in [-0.39, 0.29) is 0 Å². The molecule has 1 aliphatic rings. The smallest absolute Gasteiger partial charge is 0.141 e. The lowest BCUT2D eigenvalue weighted by Gasteiger charge is -2.26. The Morgan fingerprint density at radius 2 is 1.96 bits per heavy atom. The van der Waals surface area contributed by atoms with E-state index in [0.717, 1.165) is 61.2 Å². The van der Waals surface area contributed by atoms with Crippen molar-refractivity contribution >= 4 is 29.4 Å². The summed E-state index contributed by atoms with van der Waals surface area (Å²) in [5.41, 5.74) is 1.08. The van der Waals surface area contributed by atoms with Crippen LogP contribution < -0.4 is 9.04 Å². The number of benzene rings is 1. The van der Waals surface area contributed by atoms with Crippen molar-refractivity contribution in [3.63, 3.8) is 0 Å². The summed E-state index contributed by atoms with van der Waals surface area (Å²) in [6.07, 6.45) is 3.89. The largest absolute Gasteiger partial charge is 0.493 e. The third kappa shape index (κ3) is 6.29. The number of pyridine rings is 1. The van der Waals surface area contributed by atoms with E-state index < -0.39 is 0 Å². The van der Waals surface area contributed by atoms with Crippen LogP contribution in [0.1, 0.15) is 32.3 Å². The highest BCUT2D eigenvalue weighted by atomic mass is 35.5. The minimum Gasteiger partial charge on any atom is -0.493 e. The Balaban J connectivity index is 1.63. The molecular formula is C22H29ClN2O2S. The summed E-state index contributed by atoms with van der Waals surface area (Å²) in [5, 5.41) is 0.668. The molecule has 4 nitrogen and oxygen atoms in total. The van der Waals surface area contributed by atoms with E-state index in [0.29, 0.717) is 16.9 Å². The summed E-state index contributed by atoms with van der Waals surface area (Å²) >= 11 is 7.78. The van der Waals surface area contributed by atoms with Crippen LogP contribution in [0.25, 0.3) is 0 Å². The van der Waals surface area contributed by atoms with Crippen LogP contribution in [0.2, 0.25) is 5.02 Å². The first kappa shape index (κ1) is 21.3. The fourth-order valence-corrected chi connectivity index (χ4v) is 4.52. The van der Waals surface area contributed by atoms with Crippen LogP contribution in [0.15, 0.2) is 41.4 Å². The molecule has 152 valence electrons. The molecule has 3 rings (SSSR count). The van der Waals surface area contributed by atoms with Crippen LogP contribution in [-0.2, 0) is 4.74 Å². The van der Waals surface area contributed by atoms with E-state index in [1.54, 1.807) is 18.1 Å². The van der Waals surface area contributed by atoms with Gasteiger partial charge in [0.25, 0.3) is 0 Å². The van der Waals surface area contributed by atoms with Crippen molar-refractivity contribution < 1.29 is 9.47 Å². The second kappa shape index (κ2) is 10.4. The van der Waals surface area contributed by atoms with Gasteiger partial charge in [-0.25, -0.2) is 4.98 Å². The Morgan fingerprint density at radius 3 is 2.61 bits per heavy atom. The highest BCUT2D eigenvalue weighted by molar-refractivity contribution is 8.00. The molecule has 0 radical (unpaired) electrons. The van der Waals surface area contributed by atoms with Gasteiger partial charge in [0, 0.05) is 30.9 Å². The Hall–Kier alpha value is -1.43. The number of aromatic nitrogens is 1. The highest BCUT2D eigenvalue weighted by Gasteiger charge is 2.16. The van der Waals surface area contributed by atoms with Gasteiger partial charge >= 0.3 is 0 Å². The molecule has 0 unspecified atom stereocenters. The molecule has 1 aromatic carbocycles. The van der Waals surface area contributed by atoms with Gasteiger partial charge in [-0.05, 0) is 79.4 Å². The molecule has 1 aliphatic heterocycles. The van der Waals surface area contributed by atoms with E-state index >= 15 is 0 Å². The van der Waals surface area contributed by atoms with Crippen LogP contribution in [0.4, 0.5) is 5.82 Å². The number of rotatable bonds is 8. The molecule has 0 atom stereocenters. The van der Waals surface area contributed by atoms with E-state index in [1.165, 1.54) is 0 Å². The van der Waals surface area contributed by atoms with E-state index in [9.17, 15) is 0 Å². The van der Waals surface area contributed by atoms with Crippen molar-refractivity contribution in [3.05, 3.63) is 47.1 Å². The lowest BCUT2D eigenvalue weighted by molar-refractivity contribution is 0.0497. The van der Waals surface area contributed by atoms with Crippen molar-refractivity contribution in [3.8, 4) is 5.75 Å². The molecule has 1 aromatic heterocycles. The van der Waals surface area contributed by atoms with E-state index in [1.807, 2.05) is 6.07 Å². The zero-order valence-electron chi connectivity index (χ0n) is 16.9. The van der Waals surface area contributed by atoms with Gasteiger partial charge in [-0.2, -0.15) is 0 Å². The fourth-order valence-electron chi connectivity index (χ4n) is 3.14. The first-order valence-electron chi connectivity index (χ1n) is 9.89. The van der Waals surface area contributed by atoms with Crippen molar-refractivity contribution in [2.24, 2.45) is 11.8 Å². The van der Waals surface area contributed by atoms with Crippen molar-refractivity contribution in [1.29, 1.82) is 0 Å². The maximum atomic E-state index is 6.08. The Kier molecular flexibility index (Phi) is 7.89. The molecule has 0 N–H and O–H groups in total. The maximum absolute atomic E-state index is 6.08. The lowest BCUT2D eigenvalue weighted by atomic mass is 10.0. The SMILES string of the molecule is Cc1cc(Cl)cnc1N(CC(C)C)Sc1ccc(OCC2CCOCC2)cc1. The van der Waals surface area contributed by atoms with Crippen molar-refractivity contribution in [2.45, 2.75) is 38.5 Å². The minimum absolute atomic E-state index is 0.520. The van der Waals surface area contributed by atoms with Gasteiger partial charge in [0.2, 0.25) is 0 Å². The lowest BCUT2D eigenvalue weighted by Crippen LogP contribution is -2.22. The third-order valence-electron chi connectivity index (χ3n) is 4.65. The second-order valence-electron chi connectivity index (χ2n) is 7.68. The predicted molar refractivity (Wildman–Crippen MR) is 118 cm³/mol. The summed E-state index contributed by atoms with van der Waals surface area (Å²) in [5.74, 6) is 3.00. The second-order valence-corrected chi connectivity index (χ2v) is 9.21. The zero-order valence-corrected chi connectivity index (χ0v) is 18.4. The third-order valence-corrected chi connectivity index (χ3v) is 5.88. The van der Waals surface area contributed by atoms with Crippen LogP contribution >= 0.6 is 23.5 Å². The normalized spacial score (nSPS) is 15.0. The molecule has 0 aliphatic carbocycles. The number of halogens is 1. The number of hydrogen-bond donors (Lipinski definition) is 0. The van der Waals surface area contributed by atoms with Crippen LogP contribution in [0.3, 0.4) is 0 Å². The van der Waals surface area contributed by atoms with E-state index in [2.05, 4.69) is 54.3 Å². The van der Waals surface area contributed by atoms with Crippen molar-refractivity contribution in [1.82, 2.24) is 4.98 Å². The predicted octanol–water partition coefficient (Wildman–Crippen LogP) is 6.02. The number of aryl methyl sites for hydroxylation is 1. The minimum atomic E-state index is 0.520. The molecule has 1 saturated heterocycles. The van der Waals surface area contributed by atoms with Gasteiger partial charge in [0.15, 0.2) is 0 Å². The summed E-state index contributed by atoms with van der Waals surface area (Å²) in [4.78, 5) is 5.73. The molecule has 2 aromatic rings. The summed E-state index contributed by atoms with van der Waals surface area (Å²) in [6.45, 7) is 9.86. The average molecular weight is 421 g/mol. The number of hydrogen-bond acceptors (Lipinski definition) is 5. The molecule has 0 saturated carbocycles. The first-order valence-corrected chi connectivity index (χ1v) is 11.0.